The van der Waals surface area contributed by atoms with Crippen molar-refractivity contribution in [1.29, 1.82) is 0 Å². The van der Waals surface area contributed by atoms with Crippen LogP contribution in [0.5, 0.6) is 0 Å². The van der Waals surface area contributed by atoms with Crippen molar-refractivity contribution in [3.63, 3.8) is 0 Å². The fraction of sp³-hybridized carbons (Fsp3) is 0.105. The normalized spacial score (nSPS) is 10.5. The molecule has 3 aromatic rings. The molecule has 3 rings (SSSR count). The lowest BCUT2D eigenvalue weighted by molar-refractivity contribution is 0.0947. The Morgan fingerprint density at radius 3 is 2.68 bits per heavy atom. The quantitative estimate of drug-likeness (QED) is 0.767. The number of hydrogen-bond acceptors (Lipinski definition) is 4. The summed E-state index contributed by atoms with van der Waals surface area (Å²) in [5.74, 6) is -0.902. The number of aromatic nitrogens is 2. The molecule has 1 heterocycles. The molecule has 0 bridgehead atoms. The van der Waals surface area contributed by atoms with Gasteiger partial charge in [-0.1, -0.05) is 35.9 Å². The highest BCUT2D eigenvalue weighted by atomic mass is 19.1. The Morgan fingerprint density at radius 2 is 1.96 bits per heavy atom. The molecule has 0 aliphatic rings. The minimum Gasteiger partial charge on any atom is -0.382 e. The van der Waals surface area contributed by atoms with Crippen molar-refractivity contribution >= 4 is 11.7 Å². The molecule has 2 aromatic carbocycles. The van der Waals surface area contributed by atoms with E-state index in [1.54, 1.807) is 6.07 Å². The van der Waals surface area contributed by atoms with Crippen molar-refractivity contribution in [2.75, 3.05) is 5.73 Å². The van der Waals surface area contributed by atoms with Gasteiger partial charge in [-0.05, 0) is 24.6 Å². The van der Waals surface area contributed by atoms with Gasteiger partial charge in [0.15, 0.2) is 0 Å². The van der Waals surface area contributed by atoms with E-state index in [1.807, 2.05) is 31.2 Å². The van der Waals surface area contributed by atoms with Crippen LogP contribution in [0.4, 0.5) is 10.2 Å². The van der Waals surface area contributed by atoms with Crippen LogP contribution in [0.1, 0.15) is 21.5 Å². The zero-order valence-corrected chi connectivity index (χ0v) is 13.7. The Labute approximate surface area is 144 Å². The third kappa shape index (κ3) is 3.80. The summed E-state index contributed by atoms with van der Waals surface area (Å²) in [6, 6.07) is 12.0. The minimum absolute atomic E-state index is 0.0288. The van der Waals surface area contributed by atoms with Gasteiger partial charge in [0, 0.05) is 24.5 Å². The summed E-state index contributed by atoms with van der Waals surface area (Å²) in [7, 11) is 0. The highest BCUT2D eigenvalue weighted by molar-refractivity contribution is 5.95. The predicted molar refractivity (Wildman–Crippen MR) is 94.2 cm³/mol. The molecule has 0 atom stereocenters. The van der Waals surface area contributed by atoms with Crippen LogP contribution in [0.3, 0.4) is 0 Å². The van der Waals surface area contributed by atoms with Crippen LogP contribution < -0.4 is 11.1 Å². The van der Waals surface area contributed by atoms with Crippen molar-refractivity contribution in [1.82, 2.24) is 15.3 Å². The fourth-order valence-electron chi connectivity index (χ4n) is 2.52. The SMILES string of the molecule is Cc1cccc(CNC(=O)c2ccc(-c3nccnc3N)cc2F)c1. The van der Waals surface area contributed by atoms with E-state index in [2.05, 4.69) is 15.3 Å². The van der Waals surface area contributed by atoms with Crippen molar-refractivity contribution in [2.45, 2.75) is 13.5 Å². The summed E-state index contributed by atoms with van der Waals surface area (Å²) in [6.07, 6.45) is 2.94. The first-order valence-corrected chi connectivity index (χ1v) is 7.75. The lowest BCUT2D eigenvalue weighted by Crippen LogP contribution is -2.23. The van der Waals surface area contributed by atoms with Gasteiger partial charge in [0.2, 0.25) is 0 Å². The van der Waals surface area contributed by atoms with Crippen molar-refractivity contribution < 1.29 is 9.18 Å². The maximum atomic E-state index is 14.4. The lowest BCUT2D eigenvalue weighted by atomic mass is 10.1. The molecule has 0 aliphatic carbocycles. The molecule has 0 fully saturated rings. The minimum atomic E-state index is -0.635. The Hall–Kier alpha value is -3.28. The Bertz CT molecular complexity index is 927. The predicted octanol–water partition coefficient (Wildman–Crippen LogP) is 3.10. The first kappa shape index (κ1) is 16.6. The Morgan fingerprint density at radius 1 is 1.16 bits per heavy atom. The zero-order chi connectivity index (χ0) is 17.8. The summed E-state index contributed by atoms with van der Waals surface area (Å²) >= 11 is 0. The van der Waals surface area contributed by atoms with Gasteiger partial charge in [-0.3, -0.25) is 9.78 Å². The van der Waals surface area contributed by atoms with Crippen LogP contribution in [0, 0.1) is 12.7 Å². The molecule has 1 amide bonds. The van der Waals surface area contributed by atoms with Crippen molar-refractivity contribution in [3.05, 3.63) is 77.4 Å². The second kappa shape index (κ2) is 7.09. The highest BCUT2D eigenvalue weighted by Gasteiger charge is 2.14. The molecule has 1 aromatic heterocycles. The second-order valence-electron chi connectivity index (χ2n) is 5.66. The van der Waals surface area contributed by atoms with Gasteiger partial charge < -0.3 is 11.1 Å². The maximum Gasteiger partial charge on any atom is 0.254 e. The molecule has 0 saturated carbocycles. The van der Waals surface area contributed by atoms with Crippen LogP contribution in [0.25, 0.3) is 11.3 Å². The van der Waals surface area contributed by atoms with Gasteiger partial charge in [0.25, 0.3) is 5.91 Å². The second-order valence-corrected chi connectivity index (χ2v) is 5.66. The molecule has 3 N–H and O–H groups in total. The first-order chi connectivity index (χ1) is 12.0. The molecule has 0 radical (unpaired) electrons. The molecule has 25 heavy (non-hydrogen) atoms. The zero-order valence-electron chi connectivity index (χ0n) is 13.7. The van der Waals surface area contributed by atoms with E-state index in [4.69, 9.17) is 5.73 Å². The van der Waals surface area contributed by atoms with E-state index in [1.165, 1.54) is 24.5 Å². The molecule has 5 nitrogen and oxygen atoms in total. The molecule has 126 valence electrons. The highest BCUT2D eigenvalue weighted by Crippen LogP contribution is 2.23. The average molecular weight is 336 g/mol. The van der Waals surface area contributed by atoms with E-state index >= 15 is 0 Å². The number of rotatable bonds is 4. The number of carbonyl (C=O) groups excluding carboxylic acids is 1. The average Bonchev–Trinajstić information content (AvgIpc) is 2.60. The number of halogens is 1. The van der Waals surface area contributed by atoms with E-state index in [-0.39, 0.29) is 11.4 Å². The Kier molecular flexibility index (Phi) is 4.70. The summed E-state index contributed by atoms with van der Waals surface area (Å²) in [5.41, 5.74) is 8.63. The van der Waals surface area contributed by atoms with Crippen LogP contribution >= 0.6 is 0 Å². The molecule has 6 heteroatoms. The van der Waals surface area contributed by atoms with Crippen molar-refractivity contribution in [2.24, 2.45) is 0 Å². The van der Waals surface area contributed by atoms with Crippen molar-refractivity contribution in [3.8, 4) is 11.3 Å². The van der Waals surface area contributed by atoms with Crippen LogP contribution in [0.15, 0.2) is 54.9 Å². The topological polar surface area (TPSA) is 80.9 Å². The van der Waals surface area contributed by atoms with E-state index in [0.29, 0.717) is 17.8 Å². The molecular formula is C19H17FN4O. The summed E-state index contributed by atoms with van der Waals surface area (Å²) < 4.78 is 14.4. The lowest BCUT2D eigenvalue weighted by Gasteiger charge is -2.09. The van der Waals surface area contributed by atoms with E-state index < -0.39 is 11.7 Å². The number of carbonyl (C=O) groups is 1. The van der Waals surface area contributed by atoms with Crippen LogP contribution in [-0.4, -0.2) is 15.9 Å². The summed E-state index contributed by atoms with van der Waals surface area (Å²) in [4.78, 5) is 20.3. The molecule has 0 aliphatic heterocycles. The maximum absolute atomic E-state index is 14.4. The smallest absolute Gasteiger partial charge is 0.254 e. The molecular weight excluding hydrogens is 319 g/mol. The standard InChI is InChI=1S/C19H17FN4O/c1-12-3-2-4-13(9-12)11-24-19(25)15-6-5-14(10-16(15)20)17-18(21)23-8-7-22-17/h2-10H,11H2,1H3,(H2,21,23)(H,24,25). The van der Waals surface area contributed by atoms with E-state index in [9.17, 15) is 9.18 Å². The van der Waals surface area contributed by atoms with Gasteiger partial charge in [-0.2, -0.15) is 0 Å². The first-order valence-electron chi connectivity index (χ1n) is 7.75. The number of anilines is 1. The number of aryl methyl sites for hydroxylation is 1. The number of nitrogens with one attached hydrogen (secondary N) is 1. The summed E-state index contributed by atoms with van der Waals surface area (Å²) in [5, 5.41) is 2.72. The van der Waals surface area contributed by atoms with Gasteiger partial charge in [0.05, 0.1) is 5.56 Å². The summed E-state index contributed by atoms with van der Waals surface area (Å²) in [6.45, 7) is 2.31. The molecule has 0 spiro atoms. The number of benzene rings is 2. The Balaban J connectivity index is 1.76. The molecule has 0 unspecified atom stereocenters. The van der Waals surface area contributed by atoms with Gasteiger partial charge >= 0.3 is 0 Å². The number of hydrogen-bond donors (Lipinski definition) is 2. The number of nitrogens with two attached hydrogens (primary N) is 1. The number of nitrogens with zero attached hydrogens (tertiary/aromatic N) is 2. The number of nitrogen functional groups attached to an aromatic ring is 1. The fourth-order valence-corrected chi connectivity index (χ4v) is 2.52. The van der Waals surface area contributed by atoms with Gasteiger partial charge in [-0.15, -0.1) is 0 Å². The monoisotopic (exact) mass is 336 g/mol. The van der Waals surface area contributed by atoms with Crippen LogP contribution in [0.2, 0.25) is 0 Å². The third-order valence-electron chi connectivity index (χ3n) is 3.75. The van der Waals surface area contributed by atoms with E-state index in [0.717, 1.165) is 11.1 Å². The number of amides is 1. The van der Waals surface area contributed by atoms with Gasteiger partial charge in [-0.25, -0.2) is 9.37 Å². The van der Waals surface area contributed by atoms with Gasteiger partial charge in [0.1, 0.15) is 17.3 Å². The van der Waals surface area contributed by atoms with Crippen LogP contribution in [-0.2, 0) is 6.54 Å². The molecule has 0 saturated heterocycles. The largest absolute Gasteiger partial charge is 0.382 e. The third-order valence-corrected chi connectivity index (χ3v) is 3.75.